The van der Waals surface area contributed by atoms with Crippen LogP contribution in [0.2, 0.25) is 0 Å². The molecular formula is C50H32N2S. The quantitative estimate of drug-likeness (QED) is 0.174. The maximum Gasteiger partial charge on any atom is 0.0554 e. The molecule has 0 amide bonds. The summed E-state index contributed by atoms with van der Waals surface area (Å²) in [6.45, 7) is 0. The largest absolute Gasteiger partial charge is 0.310 e. The van der Waals surface area contributed by atoms with Gasteiger partial charge in [0.25, 0.3) is 0 Å². The number of hydrogen-bond acceptors (Lipinski definition) is 2. The van der Waals surface area contributed by atoms with E-state index in [1.54, 1.807) is 0 Å². The first-order chi connectivity index (χ1) is 26.3. The molecule has 0 saturated heterocycles. The highest BCUT2D eigenvalue weighted by atomic mass is 32.1. The summed E-state index contributed by atoms with van der Waals surface area (Å²) in [5.41, 5.74) is 9.39. The third kappa shape index (κ3) is 4.86. The molecule has 0 aliphatic heterocycles. The minimum absolute atomic E-state index is 1.12. The highest BCUT2D eigenvalue weighted by molar-refractivity contribution is 7.26. The van der Waals surface area contributed by atoms with Gasteiger partial charge in [-0.05, 0) is 112 Å². The SMILES string of the molecule is c1ccc(-n2c3ccccc3c3cc(N(c4ccc(-c5ccc6ccccc6c5)cc4)c4cccc5sc6cc7ccccc7cc6c45)ccc32)cc1. The number of benzene rings is 9. The van der Waals surface area contributed by atoms with E-state index in [1.165, 1.54) is 80.3 Å². The van der Waals surface area contributed by atoms with Crippen molar-refractivity contribution in [2.24, 2.45) is 0 Å². The van der Waals surface area contributed by atoms with Gasteiger partial charge in [0.05, 0.1) is 16.7 Å². The molecule has 248 valence electrons. The summed E-state index contributed by atoms with van der Waals surface area (Å²) in [6, 6.07) is 71.0. The van der Waals surface area contributed by atoms with Gasteiger partial charge in [0.1, 0.15) is 0 Å². The fourth-order valence-corrected chi connectivity index (χ4v) is 9.39. The highest BCUT2D eigenvalue weighted by Crippen LogP contribution is 2.47. The molecule has 2 heterocycles. The predicted molar refractivity (Wildman–Crippen MR) is 229 cm³/mol. The molecule has 0 saturated carbocycles. The van der Waals surface area contributed by atoms with Crippen molar-refractivity contribution in [3.63, 3.8) is 0 Å². The van der Waals surface area contributed by atoms with Crippen LogP contribution in [0.4, 0.5) is 17.1 Å². The van der Waals surface area contributed by atoms with E-state index in [9.17, 15) is 0 Å². The Balaban J connectivity index is 1.15. The monoisotopic (exact) mass is 692 g/mol. The van der Waals surface area contributed by atoms with Gasteiger partial charge in [-0.15, -0.1) is 11.3 Å². The number of rotatable bonds is 5. The maximum atomic E-state index is 2.46. The smallest absolute Gasteiger partial charge is 0.0554 e. The molecule has 11 aromatic rings. The van der Waals surface area contributed by atoms with Gasteiger partial charge in [-0.25, -0.2) is 0 Å². The molecule has 0 radical (unpaired) electrons. The van der Waals surface area contributed by atoms with E-state index >= 15 is 0 Å². The van der Waals surface area contributed by atoms with Gasteiger partial charge in [0.15, 0.2) is 0 Å². The van der Waals surface area contributed by atoms with E-state index in [-0.39, 0.29) is 0 Å². The molecule has 9 aromatic carbocycles. The van der Waals surface area contributed by atoms with E-state index in [1.807, 2.05) is 11.3 Å². The van der Waals surface area contributed by atoms with Crippen molar-refractivity contribution in [1.82, 2.24) is 4.57 Å². The molecule has 0 spiro atoms. The minimum atomic E-state index is 1.12. The van der Waals surface area contributed by atoms with Crippen LogP contribution in [0.1, 0.15) is 0 Å². The van der Waals surface area contributed by atoms with E-state index in [4.69, 9.17) is 0 Å². The zero-order valence-corrected chi connectivity index (χ0v) is 29.6. The molecule has 11 rings (SSSR count). The lowest BCUT2D eigenvalue weighted by Gasteiger charge is -2.27. The van der Waals surface area contributed by atoms with E-state index in [2.05, 4.69) is 204 Å². The Kier molecular flexibility index (Phi) is 6.76. The molecule has 53 heavy (non-hydrogen) atoms. The van der Waals surface area contributed by atoms with Crippen LogP contribution in [0, 0.1) is 0 Å². The average Bonchev–Trinajstić information content (AvgIpc) is 3.76. The molecule has 3 heteroatoms. The van der Waals surface area contributed by atoms with Crippen molar-refractivity contribution in [1.29, 1.82) is 0 Å². The summed E-state index contributed by atoms with van der Waals surface area (Å²) in [5, 5.41) is 10.1. The minimum Gasteiger partial charge on any atom is -0.310 e. The fourth-order valence-electron chi connectivity index (χ4n) is 8.23. The van der Waals surface area contributed by atoms with Gasteiger partial charge in [0, 0.05) is 48.0 Å². The first-order valence-electron chi connectivity index (χ1n) is 18.1. The van der Waals surface area contributed by atoms with Gasteiger partial charge in [-0.3, -0.25) is 0 Å². The topological polar surface area (TPSA) is 8.17 Å². The van der Waals surface area contributed by atoms with Crippen molar-refractivity contribution in [2.75, 3.05) is 4.90 Å². The number of para-hydroxylation sites is 2. The summed E-state index contributed by atoms with van der Waals surface area (Å²) >= 11 is 1.87. The van der Waals surface area contributed by atoms with E-state index in [0.717, 1.165) is 17.1 Å². The normalized spacial score (nSPS) is 11.8. The zero-order chi connectivity index (χ0) is 34.9. The van der Waals surface area contributed by atoms with Gasteiger partial charge >= 0.3 is 0 Å². The Bertz CT molecular complexity index is 3170. The molecule has 0 aliphatic rings. The molecule has 0 aliphatic carbocycles. The Morgan fingerprint density at radius 2 is 1.04 bits per heavy atom. The van der Waals surface area contributed by atoms with Gasteiger partial charge < -0.3 is 9.47 Å². The molecule has 0 atom stereocenters. The average molecular weight is 693 g/mol. The third-order valence-electron chi connectivity index (χ3n) is 10.7. The van der Waals surface area contributed by atoms with Crippen molar-refractivity contribution < 1.29 is 0 Å². The van der Waals surface area contributed by atoms with Gasteiger partial charge in [0.2, 0.25) is 0 Å². The third-order valence-corrected chi connectivity index (χ3v) is 11.8. The van der Waals surface area contributed by atoms with Crippen LogP contribution in [0.3, 0.4) is 0 Å². The van der Waals surface area contributed by atoms with Crippen LogP contribution in [0.25, 0.3) is 80.3 Å². The van der Waals surface area contributed by atoms with Crippen LogP contribution < -0.4 is 4.90 Å². The summed E-state index contributed by atoms with van der Waals surface area (Å²) in [5.74, 6) is 0. The lowest BCUT2D eigenvalue weighted by Crippen LogP contribution is -2.10. The van der Waals surface area contributed by atoms with Gasteiger partial charge in [-0.1, -0.05) is 115 Å². The second-order valence-electron chi connectivity index (χ2n) is 13.8. The summed E-state index contributed by atoms with van der Waals surface area (Å²) in [6.07, 6.45) is 0. The van der Waals surface area contributed by atoms with Crippen molar-refractivity contribution in [3.05, 3.63) is 194 Å². The van der Waals surface area contributed by atoms with E-state index < -0.39 is 0 Å². The van der Waals surface area contributed by atoms with Crippen LogP contribution >= 0.6 is 11.3 Å². The van der Waals surface area contributed by atoms with Crippen molar-refractivity contribution in [2.45, 2.75) is 0 Å². The molecular weight excluding hydrogens is 661 g/mol. The predicted octanol–water partition coefficient (Wildman–Crippen LogP) is 14.6. The Labute approximate surface area is 311 Å². The number of aromatic nitrogens is 1. The standard InChI is InChI=1S/C50H32N2S/c1-2-15-39(16-3-1)52-45-18-9-8-17-42(45)43-32-41(27-28-46(43)52)51(40-25-23-34(24-26-40)38-22-21-33-11-4-5-12-35(33)29-38)47-19-10-20-48-50(47)44-30-36-13-6-7-14-37(36)31-49(44)53-48/h1-32H. The number of hydrogen-bond donors (Lipinski definition) is 0. The van der Waals surface area contributed by atoms with Crippen molar-refractivity contribution in [3.8, 4) is 16.8 Å². The summed E-state index contributed by atoms with van der Waals surface area (Å²) < 4.78 is 4.97. The fraction of sp³-hybridized carbons (Fsp3) is 0. The number of anilines is 3. The lowest BCUT2D eigenvalue weighted by atomic mass is 10.0. The Morgan fingerprint density at radius 1 is 0.377 bits per heavy atom. The second kappa shape index (κ2) is 11.9. The van der Waals surface area contributed by atoms with Crippen molar-refractivity contribution >= 4 is 91.9 Å². The summed E-state index contributed by atoms with van der Waals surface area (Å²) in [4.78, 5) is 2.46. The number of nitrogens with zero attached hydrogens (tertiary/aromatic N) is 2. The number of fused-ring (bicyclic) bond motifs is 8. The Hall–Kier alpha value is -6.68. The molecule has 0 fully saturated rings. The zero-order valence-electron chi connectivity index (χ0n) is 28.8. The molecule has 0 unspecified atom stereocenters. The molecule has 2 aromatic heterocycles. The van der Waals surface area contributed by atoms with Crippen LogP contribution in [0.15, 0.2) is 194 Å². The van der Waals surface area contributed by atoms with Crippen LogP contribution in [-0.2, 0) is 0 Å². The summed E-state index contributed by atoms with van der Waals surface area (Å²) in [7, 11) is 0. The molecule has 0 bridgehead atoms. The Morgan fingerprint density at radius 3 is 1.87 bits per heavy atom. The maximum absolute atomic E-state index is 2.46. The molecule has 0 N–H and O–H groups in total. The van der Waals surface area contributed by atoms with Gasteiger partial charge in [-0.2, -0.15) is 0 Å². The highest BCUT2D eigenvalue weighted by Gasteiger charge is 2.21. The molecule has 2 nitrogen and oxygen atoms in total. The lowest BCUT2D eigenvalue weighted by molar-refractivity contribution is 1.18. The van der Waals surface area contributed by atoms with E-state index in [0.29, 0.717) is 0 Å². The first-order valence-corrected chi connectivity index (χ1v) is 18.9. The number of thiophene rings is 1. The van der Waals surface area contributed by atoms with Crippen LogP contribution in [0.5, 0.6) is 0 Å². The first kappa shape index (κ1) is 30.0. The van der Waals surface area contributed by atoms with Crippen LogP contribution in [-0.4, -0.2) is 4.57 Å². The second-order valence-corrected chi connectivity index (χ2v) is 14.9.